The maximum absolute atomic E-state index is 6.08. The van der Waals surface area contributed by atoms with Gasteiger partial charge in [0, 0.05) is 6.04 Å². The van der Waals surface area contributed by atoms with Crippen LogP contribution in [0.1, 0.15) is 22.7 Å². The molecule has 0 heterocycles. The zero-order valence-electron chi connectivity index (χ0n) is 11.1. The van der Waals surface area contributed by atoms with E-state index in [1.165, 1.54) is 11.1 Å². The number of rotatable bonds is 4. The largest absolute Gasteiger partial charge is 0.313 e. The fourth-order valence-corrected chi connectivity index (χ4v) is 2.38. The molecule has 1 unspecified atom stereocenters. The Labute approximate surface area is 124 Å². The number of nitrogens with one attached hydrogen (secondary N) is 1. The highest BCUT2D eigenvalue weighted by atomic mass is 35.5. The second kappa shape index (κ2) is 6.42. The average Bonchev–Trinajstić information content (AvgIpc) is 2.41. The monoisotopic (exact) mass is 293 g/mol. The Balaban J connectivity index is 2.19. The Hall–Kier alpha value is -1.02. The van der Waals surface area contributed by atoms with Crippen LogP contribution < -0.4 is 5.32 Å². The maximum atomic E-state index is 6.08. The first-order chi connectivity index (χ1) is 9.10. The molecule has 0 saturated carbocycles. The summed E-state index contributed by atoms with van der Waals surface area (Å²) in [6.07, 6.45) is 0.925. The zero-order valence-corrected chi connectivity index (χ0v) is 12.6. The van der Waals surface area contributed by atoms with Crippen LogP contribution in [0.4, 0.5) is 0 Å². The quantitative estimate of drug-likeness (QED) is 0.853. The minimum absolute atomic E-state index is 0.234. The Kier molecular flexibility index (Phi) is 4.87. The van der Waals surface area contributed by atoms with E-state index >= 15 is 0 Å². The molecule has 2 rings (SSSR count). The first-order valence-electron chi connectivity index (χ1n) is 6.28. The molecule has 0 spiro atoms. The summed E-state index contributed by atoms with van der Waals surface area (Å²) in [6.45, 7) is 2.10. The molecule has 1 nitrogen and oxygen atoms in total. The summed E-state index contributed by atoms with van der Waals surface area (Å²) in [5.41, 5.74) is 3.73. The number of aryl methyl sites for hydroxylation is 1. The third-order valence-electron chi connectivity index (χ3n) is 3.25. The lowest BCUT2D eigenvalue weighted by Gasteiger charge is -2.17. The zero-order chi connectivity index (χ0) is 13.8. The van der Waals surface area contributed by atoms with Crippen LogP contribution in [0.25, 0.3) is 0 Å². The summed E-state index contributed by atoms with van der Waals surface area (Å²) in [5, 5.41) is 4.52. The SMILES string of the molecule is CNC(Cc1ccc(C)cc1)c1ccc(Cl)c(Cl)c1. The van der Waals surface area contributed by atoms with Crippen molar-refractivity contribution in [3.05, 3.63) is 69.2 Å². The molecule has 1 atom stereocenters. The summed E-state index contributed by atoms with van der Waals surface area (Å²) in [7, 11) is 1.96. The molecule has 0 aliphatic heterocycles. The van der Waals surface area contributed by atoms with E-state index < -0.39 is 0 Å². The van der Waals surface area contributed by atoms with E-state index in [0.29, 0.717) is 10.0 Å². The lowest BCUT2D eigenvalue weighted by atomic mass is 9.98. The molecule has 2 aromatic rings. The molecule has 3 heteroatoms. The fourth-order valence-electron chi connectivity index (χ4n) is 2.08. The van der Waals surface area contributed by atoms with Crippen LogP contribution in [0.3, 0.4) is 0 Å². The van der Waals surface area contributed by atoms with Crippen molar-refractivity contribution < 1.29 is 0 Å². The van der Waals surface area contributed by atoms with Gasteiger partial charge in [-0.15, -0.1) is 0 Å². The van der Waals surface area contributed by atoms with Gasteiger partial charge < -0.3 is 5.32 Å². The topological polar surface area (TPSA) is 12.0 Å². The van der Waals surface area contributed by atoms with Crippen molar-refractivity contribution in [3.63, 3.8) is 0 Å². The normalized spacial score (nSPS) is 12.4. The van der Waals surface area contributed by atoms with Crippen molar-refractivity contribution in [1.82, 2.24) is 5.32 Å². The molecule has 0 saturated heterocycles. The minimum atomic E-state index is 0.234. The number of halogens is 2. The Bertz CT molecular complexity index is 549. The van der Waals surface area contributed by atoms with Crippen LogP contribution in [0, 0.1) is 6.92 Å². The molecule has 19 heavy (non-hydrogen) atoms. The molecule has 100 valence electrons. The lowest BCUT2D eigenvalue weighted by Crippen LogP contribution is -2.18. The van der Waals surface area contributed by atoms with E-state index in [-0.39, 0.29) is 6.04 Å². The second-order valence-electron chi connectivity index (χ2n) is 4.70. The van der Waals surface area contributed by atoms with Crippen molar-refractivity contribution in [2.24, 2.45) is 0 Å². The number of likely N-dealkylation sites (N-methyl/N-ethyl adjacent to an activating group) is 1. The summed E-state index contributed by atoms with van der Waals surface area (Å²) >= 11 is 12.0. The van der Waals surface area contributed by atoms with E-state index in [1.807, 2.05) is 25.2 Å². The molecule has 0 aromatic heterocycles. The van der Waals surface area contributed by atoms with Gasteiger partial charge in [0.2, 0.25) is 0 Å². The van der Waals surface area contributed by atoms with Crippen molar-refractivity contribution in [1.29, 1.82) is 0 Å². The van der Waals surface area contributed by atoms with Gasteiger partial charge in [0.1, 0.15) is 0 Å². The first kappa shape index (κ1) is 14.4. The predicted octanol–water partition coefficient (Wildman–Crippen LogP) is 4.81. The Morgan fingerprint density at radius 2 is 1.68 bits per heavy atom. The van der Waals surface area contributed by atoms with E-state index in [1.54, 1.807) is 0 Å². The Morgan fingerprint density at radius 3 is 2.26 bits per heavy atom. The van der Waals surface area contributed by atoms with E-state index in [9.17, 15) is 0 Å². The molecule has 0 bridgehead atoms. The van der Waals surface area contributed by atoms with Gasteiger partial charge in [-0.05, 0) is 43.7 Å². The second-order valence-corrected chi connectivity index (χ2v) is 5.52. The van der Waals surface area contributed by atoms with Gasteiger partial charge in [-0.3, -0.25) is 0 Å². The van der Waals surface area contributed by atoms with Crippen LogP contribution in [0.5, 0.6) is 0 Å². The van der Waals surface area contributed by atoms with Gasteiger partial charge in [-0.25, -0.2) is 0 Å². The van der Waals surface area contributed by atoms with Crippen LogP contribution >= 0.6 is 23.2 Å². The van der Waals surface area contributed by atoms with Crippen molar-refractivity contribution in [3.8, 4) is 0 Å². The highest BCUT2D eigenvalue weighted by Crippen LogP contribution is 2.27. The van der Waals surface area contributed by atoms with Crippen molar-refractivity contribution >= 4 is 23.2 Å². The lowest BCUT2D eigenvalue weighted by molar-refractivity contribution is 0.592. The summed E-state index contributed by atoms with van der Waals surface area (Å²) < 4.78 is 0. The van der Waals surface area contributed by atoms with Crippen LogP contribution in [-0.2, 0) is 6.42 Å². The third-order valence-corrected chi connectivity index (χ3v) is 3.99. The van der Waals surface area contributed by atoms with Gasteiger partial charge >= 0.3 is 0 Å². The highest BCUT2D eigenvalue weighted by Gasteiger charge is 2.11. The molecule has 0 amide bonds. The van der Waals surface area contributed by atoms with E-state index in [4.69, 9.17) is 23.2 Å². The number of benzene rings is 2. The standard InChI is InChI=1S/C16H17Cl2N/c1-11-3-5-12(6-4-11)9-16(19-2)13-7-8-14(17)15(18)10-13/h3-8,10,16,19H,9H2,1-2H3. The van der Waals surface area contributed by atoms with Crippen LogP contribution in [0.2, 0.25) is 10.0 Å². The minimum Gasteiger partial charge on any atom is -0.313 e. The fraction of sp³-hybridized carbons (Fsp3) is 0.250. The van der Waals surface area contributed by atoms with Gasteiger partial charge in [0.15, 0.2) is 0 Å². The summed E-state index contributed by atoms with van der Waals surface area (Å²) in [6, 6.07) is 14.6. The van der Waals surface area contributed by atoms with Crippen molar-refractivity contribution in [2.45, 2.75) is 19.4 Å². The van der Waals surface area contributed by atoms with Crippen LogP contribution in [0.15, 0.2) is 42.5 Å². The highest BCUT2D eigenvalue weighted by molar-refractivity contribution is 6.42. The van der Waals surface area contributed by atoms with E-state index in [0.717, 1.165) is 12.0 Å². The number of hydrogen-bond donors (Lipinski definition) is 1. The molecule has 0 aliphatic carbocycles. The van der Waals surface area contributed by atoms with Gasteiger partial charge in [-0.1, -0.05) is 59.1 Å². The summed E-state index contributed by atoms with van der Waals surface area (Å²) in [4.78, 5) is 0. The van der Waals surface area contributed by atoms with Crippen molar-refractivity contribution in [2.75, 3.05) is 7.05 Å². The molecular formula is C16H17Cl2N. The maximum Gasteiger partial charge on any atom is 0.0595 e. The molecule has 0 radical (unpaired) electrons. The molecule has 0 fully saturated rings. The third kappa shape index (κ3) is 3.73. The van der Waals surface area contributed by atoms with Gasteiger partial charge in [0.25, 0.3) is 0 Å². The first-order valence-corrected chi connectivity index (χ1v) is 7.03. The molecular weight excluding hydrogens is 277 g/mol. The van der Waals surface area contributed by atoms with E-state index in [2.05, 4.69) is 36.5 Å². The Morgan fingerprint density at radius 1 is 1.00 bits per heavy atom. The predicted molar refractivity (Wildman–Crippen MR) is 83.1 cm³/mol. The smallest absolute Gasteiger partial charge is 0.0595 e. The molecule has 0 aliphatic rings. The van der Waals surface area contributed by atoms with Gasteiger partial charge in [0.05, 0.1) is 10.0 Å². The van der Waals surface area contributed by atoms with Crippen LogP contribution in [-0.4, -0.2) is 7.05 Å². The average molecular weight is 294 g/mol. The number of hydrogen-bond acceptors (Lipinski definition) is 1. The molecule has 1 N–H and O–H groups in total. The summed E-state index contributed by atoms with van der Waals surface area (Å²) in [5.74, 6) is 0. The van der Waals surface area contributed by atoms with Gasteiger partial charge in [-0.2, -0.15) is 0 Å². The molecule has 2 aromatic carbocycles.